The molecule has 1 amide bonds. The van der Waals surface area contributed by atoms with Crippen LogP contribution in [0.2, 0.25) is 5.02 Å². The highest BCUT2D eigenvalue weighted by molar-refractivity contribution is 6.33. The molecule has 0 aliphatic rings. The fourth-order valence-corrected chi connectivity index (χ4v) is 1.69. The predicted molar refractivity (Wildman–Crippen MR) is 79.8 cm³/mol. The van der Waals surface area contributed by atoms with Gasteiger partial charge in [-0.25, -0.2) is 5.43 Å². The molecule has 4 nitrogen and oxygen atoms in total. The normalized spacial score (nSPS) is 11.8. The minimum atomic E-state index is -0.346. The lowest BCUT2D eigenvalue weighted by molar-refractivity contribution is 0.0955. The maximum Gasteiger partial charge on any atom is 0.272 e. The summed E-state index contributed by atoms with van der Waals surface area (Å²) in [6, 6.07) is 10.4. The van der Waals surface area contributed by atoms with Crippen molar-refractivity contribution in [3.63, 3.8) is 0 Å². The maximum absolute atomic E-state index is 11.9. The molecule has 0 radical (unpaired) electrons. The second-order valence-electron chi connectivity index (χ2n) is 4.02. The largest absolute Gasteiger partial charge is 0.465 e. The van der Waals surface area contributed by atoms with Crippen LogP contribution in [0, 0.1) is 0 Å². The van der Waals surface area contributed by atoms with Crippen LogP contribution < -0.4 is 5.43 Å². The van der Waals surface area contributed by atoms with Gasteiger partial charge in [-0.1, -0.05) is 23.7 Å². The molecule has 1 aromatic heterocycles. The molecule has 0 aliphatic carbocycles. The molecule has 0 fully saturated rings. The highest BCUT2D eigenvalue weighted by atomic mass is 35.5. The molecule has 2 rings (SSSR count). The third-order valence-corrected chi connectivity index (χ3v) is 2.81. The summed E-state index contributed by atoms with van der Waals surface area (Å²) in [6.07, 6.45) is 5.09. The summed E-state index contributed by atoms with van der Waals surface area (Å²) in [4.78, 5) is 11.9. The number of carbonyl (C=O) groups excluding carboxylic acids is 1. The van der Waals surface area contributed by atoms with Crippen LogP contribution in [0.15, 0.2) is 58.3 Å². The van der Waals surface area contributed by atoms with Crippen LogP contribution >= 0.6 is 11.6 Å². The van der Waals surface area contributed by atoms with E-state index >= 15 is 0 Å². The van der Waals surface area contributed by atoms with Crippen molar-refractivity contribution in [3.8, 4) is 0 Å². The van der Waals surface area contributed by atoms with Crippen molar-refractivity contribution in [2.75, 3.05) is 0 Å². The van der Waals surface area contributed by atoms with Gasteiger partial charge in [-0.05, 0) is 43.3 Å². The first kappa shape index (κ1) is 14.1. The third kappa shape index (κ3) is 3.83. The van der Waals surface area contributed by atoms with Gasteiger partial charge in [0.25, 0.3) is 5.91 Å². The Bertz CT molecular complexity index is 646. The number of nitrogens with zero attached hydrogens (tertiary/aromatic N) is 1. The Morgan fingerprint density at radius 3 is 2.80 bits per heavy atom. The zero-order chi connectivity index (χ0) is 14.4. The van der Waals surface area contributed by atoms with Crippen LogP contribution in [0.5, 0.6) is 0 Å². The summed E-state index contributed by atoms with van der Waals surface area (Å²) in [5, 5.41) is 4.36. The molecule has 2 aromatic rings. The number of amides is 1. The van der Waals surface area contributed by atoms with E-state index in [4.69, 9.17) is 16.0 Å². The number of hydrogen-bond acceptors (Lipinski definition) is 3. The molecule has 0 atom stereocenters. The zero-order valence-electron chi connectivity index (χ0n) is 10.8. The van der Waals surface area contributed by atoms with Crippen molar-refractivity contribution in [3.05, 3.63) is 65.1 Å². The van der Waals surface area contributed by atoms with Gasteiger partial charge in [0, 0.05) is 0 Å². The van der Waals surface area contributed by atoms with E-state index in [0.29, 0.717) is 16.3 Å². The number of hydrogen-bond donors (Lipinski definition) is 1. The Morgan fingerprint density at radius 2 is 2.10 bits per heavy atom. The van der Waals surface area contributed by atoms with Gasteiger partial charge in [0.05, 0.1) is 22.6 Å². The molecule has 0 saturated carbocycles. The predicted octanol–water partition coefficient (Wildman–Crippen LogP) is 3.75. The van der Waals surface area contributed by atoms with Gasteiger partial charge in [-0.2, -0.15) is 5.10 Å². The lowest BCUT2D eigenvalue weighted by Crippen LogP contribution is -2.19. The molecule has 0 aliphatic heterocycles. The molecule has 0 saturated heterocycles. The number of rotatable bonds is 4. The molecule has 1 aromatic carbocycles. The van der Waals surface area contributed by atoms with Crippen LogP contribution in [0.25, 0.3) is 6.08 Å². The van der Waals surface area contributed by atoms with Crippen molar-refractivity contribution >= 4 is 29.3 Å². The van der Waals surface area contributed by atoms with Crippen molar-refractivity contribution in [1.82, 2.24) is 5.43 Å². The summed E-state index contributed by atoms with van der Waals surface area (Å²) in [6.45, 7) is 1.77. The van der Waals surface area contributed by atoms with E-state index in [0.717, 1.165) is 5.76 Å². The topological polar surface area (TPSA) is 54.6 Å². The number of halogens is 1. The zero-order valence-corrected chi connectivity index (χ0v) is 11.6. The van der Waals surface area contributed by atoms with E-state index in [1.807, 2.05) is 6.07 Å². The van der Waals surface area contributed by atoms with Crippen LogP contribution in [-0.2, 0) is 0 Å². The average Bonchev–Trinajstić information content (AvgIpc) is 2.96. The monoisotopic (exact) mass is 288 g/mol. The Hall–Kier alpha value is -2.33. The quantitative estimate of drug-likeness (QED) is 0.688. The van der Waals surface area contributed by atoms with Gasteiger partial charge >= 0.3 is 0 Å². The summed E-state index contributed by atoms with van der Waals surface area (Å²) in [7, 11) is 0. The summed E-state index contributed by atoms with van der Waals surface area (Å²) in [5.74, 6) is 0.373. The third-order valence-electron chi connectivity index (χ3n) is 2.48. The summed E-state index contributed by atoms with van der Waals surface area (Å²) >= 11 is 5.93. The Labute approximate surface area is 121 Å². The van der Waals surface area contributed by atoms with E-state index in [9.17, 15) is 4.79 Å². The fourth-order valence-electron chi connectivity index (χ4n) is 1.47. The van der Waals surface area contributed by atoms with Crippen molar-refractivity contribution in [2.24, 2.45) is 5.10 Å². The van der Waals surface area contributed by atoms with E-state index in [2.05, 4.69) is 10.5 Å². The molecule has 102 valence electrons. The lowest BCUT2D eigenvalue weighted by atomic mass is 10.2. The van der Waals surface area contributed by atoms with Crippen molar-refractivity contribution in [2.45, 2.75) is 6.92 Å². The van der Waals surface area contributed by atoms with Gasteiger partial charge in [0.1, 0.15) is 5.76 Å². The Balaban J connectivity index is 1.98. The molecule has 0 spiro atoms. The van der Waals surface area contributed by atoms with E-state index < -0.39 is 0 Å². The second kappa shape index (κ2) is 6.73. The number of furan rings is 1. The number of hydrazone groups is 1. The molecule has 1 heterocycles. The van der Waals surface area contributed by atoms with E-state index in [1.165, 1.54) is 0 Å². The van der Waals surface area contributed by atoms with Gasteiger partial charge < -0.3 is 4.42 Å². The molecule has 0 unspecified atom stereocenters. The first-order valence-electron chi connectivity index (χ1n) is 5.97. The summed E-state index contributed by atoms with van der Waals surface area (Å²) in [5.41, 5.74) is 3.48. The van der Waals surface area contributed by atoms with Crippen LogP contribution in [0.4, 0.5) is 0 Å². The molecule has 20 heavy (non-hydrogen) atoms. The van der Waals surface area contributed by atoms with Gasteiger partial charge in [0.15, 0.2) is 0 Å². The number of carbonyl (C=O) groups is 1. The smallest absolute Gasteiger partial charge is 0.272 e. The maximum atomic E-state index is 11.9. The first-order chi connectivity index (χ1) is 9.66. The molecular formula is C15H13ClN2O2. The van der Waals surface area contributed by atoms with Gasteiger partial charge in [-0.15, -0.1) is 0 Å². The fraction of sp³-hybridized carbons (Fsp3) is 0.0667. The minimum Gasteiger partial charge on any atom is -0.465 e. The van der Waals surface area contributed by atoms with Crippen LogP contribution in [-0.4, -0.2) is 11.6 Å². The van der Waals surface area contributed by atoms with Crippen LogP contribution in [0.1, 0.15) is 23.0 Å². The highest BCUT2D eigenvalue weighted by Gasteiger charge is 2.07. The molecule has 0 bridgehead atoms. The molecular weight excluding hydrogens is 276 g/mol. The number of allylic oxidation sites excluding steroid dienone is 1. The molecule has 5 heteroatoms. The number of nitrogens with one attached hydrogen (secondary N) is 1. The minimum absolute atomic E-state index is 0.346. The Morgan fingerprint density at radius 1 is 1.30 bits per heavy atom. The first-order valence-corrected chi connectivity index (χ1v) is 6.35. The van der Waals surface area contributed by atoms with Crippen LogP contribution in [0.3, 0.4) is 0 Å². The van der Waals surface area contributed by atoms with E-state index in [-0.39, 0.29) is 5.91 Å². The number of benzene rings is 1. The average molecular weight is 289 g/mol. The Kier molecular flexibility index (Phi) is 4.74. The van der Waals surface area contributed by atoms with Crippen molar-refractivity contribution < 1.29 is 9.21 Å². The van der Waals surface area contributed by atoms with Crippen molar-refractivity contribution in [1.29, 1.82) is 0 Å². The lowest BCUT2D eigenvalue weighted by Gasteiger charge is -2.02. The highest BCUT2D eigenvalue weighted by Crippen LogP contribution is 2.14. The second-order valence-corrected chi connectivity index (χ2v) is 4.43. The summed E-state index contributed by atoms with van der Waals surface area (Å²) < 4.78 is 5.15. The SMILES string of the molecule is CC(/C=C/c1ccco1)=NNC(=O)c1ccccc1Cl. The molecule has 1 N–H and O–H groups in total. The standard InChI is InChI=1S/C15H13ClN2O2/c1-11(8-9-12-5-4-10-20-12)17-18-15(19)13-6-2-3-7-14(13)16/h2-10H,1H3,(H,18,19)/b9-8+,17-11?. The van der Waals surface area contributed by atoms with E-state index in [1.54, 1.807) is 55.7 Å². The van der Waals surface area contributed by atoms with Gasteiger partial charge in [-0.3, -0.25) is 4.79 Å². The van der Waals surface area contributed by atoms with Gasteiger partial charge in [0.2, 0.25) is 0 Å².